The van der Waals surface area contributed by atoms with Crippen LogP contribution in [-0.2, 0) is 12.4 Å². The molecule has 10 nitrogen and oxygen atoms in total. The van der Waals surface area contributed by atoms with Gasteiger partial charge in [-0.2, -0.15) is 26.3 Å². The summed E-state index contributed by atoms with van der Waals surface area (Å²) in [5, 5.41) is 35.4. The van der Waals surface area contributed by atoms with Gasteiger partial charge in [-0.1, -0.05) is 60.7 Å². The summed E-state index contributed by atoms with van der Waals surface area (Å²) in [6.45, 7) is 0. The lowest BCUT2D eigenvalue weighted by atomic mass is 9.99. The van der Waals surface area contributed by atoms with E-state index < -0.39 is 46.8 Å². The Balaban J connectivity index is 1.39. The fourth-order valence-electron chi connectivity index (χ4n) is 5.56. The number of rotatable bonds is 7. The maximum absolute atomic E-state index is 14.3. The molecule has 0 unspecified atom stereocenters. The first-order valence-corrected chi connectivity index (χ1v) is 14.9. The summed E-state index contributed by atoms with van der Waals surface area (Å²) in [5.74, 6) is -2.66. The Morgan fingerprint density at radius 2 is 0.808 bits per heavy atom. The second-order valence-corrected chi connectivity index (χ2v) is 11.3. The van der Waals surface area contributed by atoms with E-state index in [-0.39, 0.29) is 66.5 Å². The zero-order valence-corrected chi connectivity index (χ0v) is 26.2. The third-order valence-electron chi connectivity index (χ3n) is 8.06. The molecule has 0 amide bonds. The van der Waals surface area contributed by atoms with Gasteiger partial charge in [-0.25, -0.2) is 9.59 Å². The number of nitrogens with zero attached hydrogens (tertiary/aromatic N) is 4. The Kier molecular flexibility index (Phi) is 8.84. The zero-order chi connectivity index (χ0) is 37.5. The minimum atomic E-state index is -5.04. The molecule has 0 heterocycles. The first-order chi connectivity index (χ1) is 24.5. The van der Waals surface area contributed by atoms with E-state index in [2.05, 4.69) is 20.5 Å². The Morgan fingerprint density at radius 3 is 1.13 bits per heavy atom. The van der Waals surface area contributed by atoms with E-state index in [1.54, 1.807) is 24.3 Å². The zero-order valence-electron chi connectivity index (χ0n) is 26.2. The third-order valence-corrected chi connectivity index (χ3v) is 8.06. The molecule has 0 aliphatic heterocycles. The van der Waals surface area contributed by atoms with Gasteiger partial charge in [-0.05, 0) is 58.3 Å². The Hall–Kier alpha value is -6.84. The molecule has 0 saturated heterocycles. The highest BCUT2D eigenvalue weighted by Crippen LogP contribution is 2.44. The quantitative estimate of drug-likeness (QED) is 0.0725. The monoisotopic (exact) mass is 716 g/mol. The molecule has 0 atom stereocenters. The van der Waals surface area contributed by atoms with Crippen LogP contribution >= 0.6 is 0 Å². The van der Waals surface area contributed by atoms with E-state index in [4.69, 9.17) is 11.5 Å². The fraction of sp³-hybridized carbons (Fsp3) is 0.0556. The molecular formula is C36H22F6N6O4. The van der Waals surface area contributed by atoms with E-state index in [9.17, 15) is 46.1 Å². The summed E-state index contributed by atoms with van der Waals surface area (Å²) >= 11 is 0. The van der Waals surface area contributed by atoms with E-state index in [1.807, 2.05) is 0 Å². The number of carboxylic acids is 2. The number of hydrogen-bond donors (Lipinski definition) is 4. The minimum absolute atomic E-state index is 0.0305. The van der Waals surface area contributed by atoms with Crippen LogP contribution < -0.4 is 11.5 Å². The fourth-order valence-corrected chi connectivity index (χ4v) is 5.56. The smallest absolute Gasteiger partial charge is 0.418 e. The molecule has 0 aliphatic carbocycles. The van der Waals surface area contributed by atoms with Gasteiger partial charge in [0.15, 0.2) is 0 Å². The molecular weight excluding hydrogens is 694 g/mol. The molecule has 0 radical (unpaired) electrons. The SMILES string of the molecule is Nc1c(/N=N/c2ccc(-c3ccc(/N=N/c4cc(C(=O)O)c5ccccc5c4N)c(C(F)(F)F)c3)cc2C(F)(F)F)cc(C(=O)O)c2ccccc12. The molecule has 6 N–H and O–H groups in total. The van der Waals surface area contributed by atoms with Crippen LogP contribution in [0, 0.1) is 0 Å². The summed E-state index contributed by atoms with van der Waals surface area (Å²) in [5.41, 5.74) is 6.74. The average molecular weight is 717 g/mol. The third kappa shape index (κ3) is 6.68. The molecule has 0 aromatic heterocycles. The standard InChI is InChI=1S/C36H22F6N6O4/c37-35(38,39)25-13-17(9-11-27(25)45-47-29-15-23(33(49)50)19-5-1-3-7-21(19)31(29)43)18-10-12-28(26(14-18)36(40,41)42)46-48-30-16-24(34(51)52)20-6-2-4-8-22(20)32(30)44/h1-16H,43-44H2,(H,49,50)(H,51,52)/b47-45+,48-46+. The van der Waals surface area contributed by atoms with E-state index in [1.165, 1.54) is 24.3 Å². The lowest BCUT2D eigenvalue weighted by molar-refractivity contribution is -0.138. The van der Waals surface area contributed by atoms with Crippen molar-refractivity contribution in [2.45, 2.75) is 12.4 Å². The van der Waals surface area contributed by atoms with Gasteiger partial charge in [0.25, 0.3) is 0 Å². The molecule has 0 spiro atoms. The number of carbonyl (C=O) groups is 2. The lowest BCUT2D eigenvalue weighted by Gasteiger charge is -2.14. The van der Waals surface area contributed by atoms with Crippen LogP contribution in [0.1, 0.15) is 31.8 Å². The van der Waals surface area contributed by atoms with Crippen molar-refractivity contribution in [3.8, 4) is 11.1 Å². The topological polar surface area (TPSA) is 176 Å². The first kappa shape index (κ1) is 35.0. The highest BCUT2D eigenvalue weighted by atomic mass is 19.4. The van der Waals surface area contributed by atoms with Crippen LogP contribution in [0.3, 0.4) is 0 Å². The predicted octanol–water partition coefficient (Wildman–Crippen LogP) is 11.1. The minimum Gasteiger partial charge on any atom is -0.478 e. The molecule has 16 heteroatoms. The maximum atomic E-state index is 14.3. The van der Waals surface area contributed by atoms with Gasteiger partial charge in [0.2, 0.25) is 0 Å². The number of alkyl halides is 6. The highest BCUT2D eigenvalue weighted by molar-refractivity contribution is 6.11. The summed E-state index contributed by atoms with van der Waals surface area (Å²) in [6, 6.07) is 19.8. The van der Waals surface area contributed by atoms with E-state index in [0.29, 0.717) is 12.1 Å². The molecule has 0 aliphatic rings. The van der Waals surface area contributed by atoms with Crippen LogP contribution in [0.25, 0.3) is 32.7 Å². The normalized spacial score (nSPS) is 12.3. The number of aromatic carboxylic acids is 2. The maximum Gasteiger partial charge on any atom is 0.418 e. The van der Waals surface area contributed by atoms with Crippen molar-refractivity contribution in [2.75, 3.05) is 11.5 Å². The van der Waals surface area contributed by atoms with E-state index >= 15 is 0 Å². The number of anilines is 2. The van der Waals surface area contributed by atoms with Crippen LogP contribution in [0.15, 0.2) is 118 Å². The molecule has 6 aromatic carbocycles. The van der Waals surface area contributed by atoms with Crippen LogP contribution in [0.2, 0.25) is 0 Å². The van der Waals surface area contributed by atoms with Crippen molar-refractivity contribution < 1.29 is 46.1 Å². The van der Waals surface area contributed by atoms with Crippen molar-refractivity contribution in [2.24, 2.45) is 20.5 Å². The second kappa shape index (κ2) is 13.1. The number of halogens is 6. The van der Waals surface area contributed by atoms with Gasteiger partial charge < -0.3 is 21.7 Å². The van der Waals surface area contributed by atoms with Gasteiger partial charge in [0.1, 0.15) is 11.4 Å². The number of carboxylic acid groups (broad SMARTS) is 2. The number of benzene rings is 6. The summed E-state index contributed by atoms with van der Waals surface area (Å²) in [6.07, 6.45) is -10.1. The molecule has 52 heavy (non-hydrogen) atoms. The molecule has 6 rings (SSSR count). The largest absolute Gasteiger partial charge is 0.478 e. The summed E-state index contributed by atoms with van der Waals surface area (Å²) in [4.78, 5) is 23.7. The van der Waals surface area contributed by atoms with Gasteiger partial charge in [0, 0.05) is 10.8 Å². The van der Waals surface area contributed by atoms with Crippen molar-refractivity contribution in [3.05, 3.63) is 119 Å². The Bertz CT molecular complexity index is 2320. The molecule has 6 aromatic rings. The van der Waals surface area contributed by atoms with Crippen molar-refractivity contribution in [1.82, 2.24) is 0 Å². The summed E-state index contributed by atoms with van der Waals surface area (Å²) in [7, 11) is 0. The van der Waals surface area contributed by atoms with E-state index in [0.717, 1.165) is 36.4 Å². The van der Waals surface area contributed by atoms with Crippen molar-refractivity contribution in [3.63, 3.8) is 0 Å². The number of hydrogen-bond acceptors (Lipinski definition) is 8. The van der Waals surface area contributed by atoms with Crippen LogP contribution in [0.4, 0.5) is 60.5 Å². The number of nitrogens with two attached hydrogens (primary N) is 2. The van der Waals surface area contributed by atoms with Crippen LogP contribution in [0.5, 0.6) is 0 Å². The van der Waals surface area contributed by atoms with Gasteiger partial charge in [-0.15, -0.1) is 20.5 Å². The first-order valence-electron chi connectivity index (χ1n) is 14.9. The molecule has 0 bridgehead atoms. The van der Waals surface area contributed by atoms with Gasteiger partial charge in [-0.3, -0.25) is 0 Å². The number of fused-ring (bicyclic) bond motifs is 2. The Morgan fingerprint density at radius 1 is 0.481 bits per heavy atom. The van der Waals surface area contributed by atoms with Gasteiger partial charge in [0.05, 0.1) is 45.0 Å². The Labute approximate surface area is 288 Å². The van der Waals surface area contributed by atoms with Gasteiger partial charge >= 0.3 is 24.3 Å². The van der Waals surface area contributed by atoms with Crippen molar-refractivity contribution in [1.29, 1.82) is 0 Å². The number of azo groups is 2. The van der Waals surface area contributed by atoms with Crippen molar-refractivity contribution >= 4 is 67.6 Å². The molecule has 0 fully saturated rings. The second-order valence-electron chi connectivity index (χ2n) is 11.3. The highest BCUT2D eigenvalue weighted by Gasteiger charge is 2.36. The lowest BCUT2D eigenvalue weighted by Crippen LogP contribution is -2.07. The summed E-state index contributed by atoms with van der Waals surface area (Å²) < 4.78 is 85.6. The average Bonchev–Trinajstić information content (AvgIpc) is 3.10. The molecule has 262 valence electrons. The van der Waals surface area contributed by atoms with Crippen LogP contribution in [-0.4, -0.2) is 22.2 Å². The predicted molar refractivity (Wildman–Crippen MR) is 181 cm³/mol. The molecule has 0 saturated carbocycles. The number of nitrogen functional groups attached to an aromatic ring is 2.